The van der Waals surface area contributed by atoms with E-state index in [1.54, 1.807) is 34.2 Å². The molecule has 0 radical (unpaired) electrons. The van der Waals surface area contributed by atoms with Crippen LogP contribution < -0.4 is 5.32 Å². The third kappa shape index (κ3) is 5.55. The molecule has 0 fully saturated rings. The third-order valence-corrected chi connectivity index (χ3v) is 6.06. The molecule has 0 aliphatic rings. The van der Waals surface area contributed by atoms with Crippen molar-refractivity contribution in [3.8, 4) is 16.3 Å². The first-order valence-corrected chi connectivity index (χ1v) is 11.3. The molecule has 0 bridgehead atoms. The lowest BCUT2D eigenvalue weighted by molar-refractivity contribution is 0.0929. The number of carbonyl (C=O) groups is 1. The number of hydrogen-bond acceptors (Lipinski definition) is 4. The maximum atomic E-state index is 13.4. The highest BCUT2D eigenvalue weighted by molar-refractivity contribution is 7.13. The third-order valence-electron chi connectivity index (χ3n) is 5.17. The molecule has 0 unspecified atom stereocenters. The van der Waals surface area contributed by atoms with Crippen LogP contribution in [0.25, 0.3) is 16.3 Å². The lowest BCUT2D eigenvalue weighted by Gasteiger charge is -2.20. The monoisotopic (exact) mass is 428 g/mol. The Morgan fingerprint density at radius 3 is 2.60 bits per heavy atom. The Kier molecular flexibility index (Phi) is 7.76. The number of thiophene rings is 1. The van der Waals surface area contributed by atoms with E-state index >= 15 is 0 Å². The summed E-state index contributed by atoms with van der Waals surface area (Å²) in [5, 5.41) is 9.70. The van der Waals surface area contributed by atoms with Crippen molar-refractivity contribution in [3.05, 3.63) is 59.4 Å². The van der Waals surface area contributed by atoms with E-state index in [4.69, 9.17) is 0 Å². The molecule has 160 valence electrons. The summed E-state index contributed by atoms with van der Waals surface area (Å²) in [6.07, 6.45) is 1.94. The molecule has 30 heavy (non-hydrogen) atoms. The Balaban J connectivity index is 1.76. The van der Waals surface area contributed by atoms with Gasteiger partial charge in [-0.1, -0.05) is 19.9 Å². The number of amides is 1. The van der Waals surface area contributed by atoms with E-state index in [2.05, 4.69) is 29.2 Å². The van der Waals surface area contributed by atoms with Gasteiger partial charge in [-0.2, -0.15) is 5.10 Å². The van der Waals surface area contributed by atoms with Gasteiger partial charge in [-0.15, -0.1) is 11.3 Å². The van der Waals surface area contributed by atoms with Crippen LogP contribution in [-0.4, -0.2) is 46.3 Å². The van der Waals surface area contributed by atoms with Crippen LogP contribution >= 0.6 is 11.3 Å². The summed E-state index contributed by atoms with van der Waals surface area (Å²) >= 11 is 1.57. The highest BCUT2D eigenvalue weighted by Crippen LogP contribution is 2.26. The second kappa shape index (κ2) is 10.5. The average molecular weight is 429 g/mol. The zero-order valence-electron chi connectivity index (χ0n) is 17.8. The summed E-state index contributed by atoms with van der Waals surface area (Å²) < 4.78 is 15.0. The standard InChI is InChI=1S/C23H29FN4OS/c1-4-27(5-2)14-6-8-17(3)25-23(29)21-16-20(22-9-7-15-30-22)26-28(21)19-12-10-18(24)11-13-19/h7,9-13,15-17H,4-6,8,14H2,1-3H3,(H,25,29)/t17-/m1/s1. The van der Waals surface area contributed by atoms with Gasteiger partial charge in [0, 0.05) is 6.04 Å². The van der Waals surface area contributed by atoms with Crippen LogP contribution in [0.3, 0.4) is 0 Å². The highest BCUT2D eigenvalue weighted by atomic mass is 32.1. The van der Waals surface area contributed by atoms with E-state index in [9.17, 15) is 9.18 Å². The first kappa shape index (κ1) is 22.2. The number of aromatic nitrogens is 2. The van der Waals surface area contributed by atoms with E-state index in [0.717, 1.165) is 43.0 Å². The molecule has 3 aromatic rings. The molecular weight excluding hydrogens is 399 g/mol. The topological polar surface area (TPSA) is 50.2 Å². The zero-order valence-corrected chi connectivity index (χ0v) is 18.6. The minimum atomic E-state index is -0.322. The van der Waals surface area contributed by atoms with Crippen LogP contribution in [0.1, 0.15) is 44.1 Å². The van der Waals surface area contributed by atoms with Crippen LogP contribution in [0.15, 0.2) is 47.8 Å². The van der Waals surface area contributed by atoms with Gasteiger partial charge < -0.3 is 10.2 Å². The Bertz CT molecular complexity index is 933. The molecule has 1 N–H and O–H groups in total. The number of rotatable bonds is 10. The molecule has 0 aliphatic heterocycles. The van der Waals surface area contributed by atoms with Gasteiger partial charge in [0.2, 0.25) is 0 Å². The number of hydrogen-bond donors (Lipinski definition) is 1. The molecule has 2 heterocycles. The van der Waals surface area contributed by atoms with Crippen molar-refractivity contribution < 1.29 is 9.18 Å². The first-order valence-electron chi connectivity index (χ1n) is 10.4. The Hall–Kier alpha value is -2.51. The summed E-state index contributed by atoms with van der Waals surface area (Å²) in [5.41, 5.74) is 1.83. The molecule has 0 aliphatic carbocycles. The van der Waals surface area contributed by atoms with Crippen LogP contribution in [-0.2, 0) is 0 Å². The molecule has 3 rings (SSSR count). The fraction of sp³-hybridized carbons (Fsp3) is 0.391. The van der Waals surface area contributed by atoms with Crippen LogP contribution in [0.5, 0.6) is 0 Å². The maximum absolute atomic E-state index is 13.4. The average Bonchev–Trinajstić information content (AvgIpc) is 3.41. The van der Waals surface area contributed by atoms with Crippen molar-refractivity contribution in [2.24, 2.45) is 0 Å². The molecule has 0 saturated heterocycles. The van der Waals surface area contributed by atoms with Crippen molar-refractivity contribution >= 4 is 17.2 Å². The molecular formula is C23H29FN4OS. The van der Waals surface area contributed by atoms with Gasteiger partial charge in [0.05, 0.1) is 10.6 Å². The van der Waals surface area contributed by atoms with Crippen molar-refractivity contribution in [1.29, 1.82) is 0 Å². The number of carbonyl (C=O) groups excluding carboxylic acids is 1. The fourth-order valence-corrected chi connectivity index (χ4v) is 4.08. The van der Waals surface area contributed by atoms with Gasteiger partial charge >= 0.3 is 0 Å². The Morgan fingerprint density at radius 2 is 1.97 bits per heavy atom. The van der Waals surface area contributed by atoms with Gasteiger partial charge in [0.1, 0.15) is 17.2 Å². The minimum Gasteiger partial charge on any atom is -0.348 e. The molecule has 0 spiro atoms. The molecule has 0 saturated carbocycles. The lowest BCUT2D eigenvalue weighted by Crippen LogP contribution is -2.34. The summed E-state index contributed by atoms with van der Waals surface area (Å²) in [4.78, 5) is 16.4. The van der Waals surface area contributed by atoms with Crippen molar-refractivity contribution in [2.75, 3.05) is 19.6 Å². The maximum Gasteiger partial charge on any atom is 0.270 e. The van der Waals surface area contributed by atoms with Gasteiger partial charge in [-0.3, -0.25) is 4.79 Å². The van der Waals surface area contributed by atoms with Crippen molar-refractivity contribution in [3.63, 3.8) is 0 Å². The largest absolute Gasteiger partial charge is 0.348 e. The van der Waals surface area contributed by atoms with Crippen LogP contribution in [0, 0.1) is 5.82 Å². The van der Waals surface area contributed by atoms with Crippen LogP contribution in [0.2, 0.25) is 0 Å². The highest BCUT2D eigenvalue weighted by Gasteiger charge is 2.19. The van der Waals surface area contributed by atoms with Crippen molar-refractivity contribution in [2.45, 2.75) is 39.7 Å². The van der Waals surface area contributed by atoms with Gasteiger partial charge in [-0.25, -0.2) is 9.07 Å². The zero-order chi connectivity index (χ0) is 21.5. The Labute approximate surface area is 181 Å². The first-order chi connectivity index (χ1) is 14.5. The smallest absolute Gasteiger partial charge is 0.270 e. The molecule has 2 aromatic heterocycles. The molecule has 1 amide bonds. The SMILES string of the molecule is CCN(CC)CCC[C@@H](C)NC(=O)c1cc(-c2cccs2)nn1-c1ccc(F)cc1. The van der Waals surface area contributed by atoms with Crippen molar-refractivity contribution in [1.82, 2.24) is 20.0 Å². The number of halogens is 1. The van der Waals surface area contributed by atoms with Gasteiger partial charge in [0.15, 0.2) is 0 Å². The number of benzene rings is 1. The van der Waals surface area contributed by atoms with E-state index in [1.165, 1.54) is 12.1 Å². The molecule has 5 nitrogen and oxygen atoms in total. The quantitative estimate of drug-likeness (QED) is 0.495. The summed E-state index contributed by atoms with van der Waals surface area (Å²) in [7, 11) is 0. The summed E-state index contributed by atoms with van der Waals surface area (Å²) in [6, 6.07) is 11.8. The fourth-order valence-electron chi connectivity index (χ4n) is 3.40. The summed E-state index contributed by atoms with van der Waals surface area (Å²) in [5.74, 6) is -0.498. The lowest BCUT2D eigenvalue weighted by atomic mass is 10.1. The minimum absolute atomic E-state index is 0.0508. The second-order valence-electron chi connectivity index (χ2n) is 7.32. The molecule has 1 atom stereocenters. The second-order valence-corrected chi connectivity index (χ2v) is 8.27. The number of nitrogens with zero attached hydrogens (tertiary/aromatic N) is 3. The molecule has 7 heteroatoms. The van der Waals surface area contributed by atoms with E-state index in [0.29, 0.717) is 11.4 Å². The van der Waals surface area contributed by atoms with Crippen LogP contribution in [0.4, 0.5) is 4.39 Å². The number of nitrogens with one attached hydrogen (secondary N) is 1. The summed E-state index contributed by atoms with van der Waals surface area (Å²) in [6.45, 7) is 9.47. The van der Waals surface area contributed by atoms with Gasteiger partial charge in [-0.05, 0) is 81.2 Å². The predicted molar refractivity (Wildman–Crippen MR) is 121 cm³/mol. The van der Waals surface area contributed by atoms with E-state index < -0.39 is 0 Å². The Morgan fingerprint density at radius 1 is 1.23 bits per heavy atom. The van der Waals surface area contributed by atoms with E-state index in [1.807, 2.05) is 24.4 Å². The van der Waals surface area contributed by atoms with Gasteiger partial charge in [0.25, 0.3) is 5.91 Å². The van der Waals surface area contributed by atoms with E-state index in [-0.39, 0.29) is 17.8 Å². The normalized spacial score (nSPS) is 12.3. The predicted octanol–water partition coefficient (Wildman–Crippen LogP) is 4.98. The molecule has 1 aromatic carbocycles.